The van der Waals surface area contributed by atoms with Crippen molar-refractivity contribution in [1.82, 2.24) is 14.1 Å². The van der Waals surface area contributed by atoms with E-state index in [2.05, 4.69) is 283 Å². The molecule has 0 unspecified atom stereocenters. The number of ether oxygens (including phenoxy) is 1. The van der Waals surface area contributed by atoms with Gasteiger partial charge in [0.05, 0.1) is 28.1 Å². The summed E-state index contributed by atoms with van der Waals surface area (Å²) in [6.45, 7) is 36.7. The quantitative estimate of drug-likeness (QED) is 0.107. The SMILES string of the molecule is CC(C)(C)c1cc(Oc2cc(C(C)(C)C)c3c4ccccc4n(-c4cc(C(C)(C)C)ccn4)c3c2)cc(-n2[c-][n+](-c3cc(C(C)(C)C)cc(C(C)(C)c4ccccc4)c3)c(C(C)(C)c3ccccc3)c2)c1. The van der Waals surface area contributed by atoms with Crippen LogP contribution in [-0.4, -0.2) is 14.1 Å². The number of pyridine rings is 1. The number of aromatic nitrogens is 4. The summed E-state index contributed by atoms with van der Waals surface area (Å²) in [4.78, 5) is 5.01. The summed E-state index contributed by atoms with van der Waals surface area (Å²) in [6.07, 6.45) is 8.16. The van der Waals surface area contributed by atoms with Gasteiger partial charge in [-0.25, -0.2) is 4.98 Å². The van der Waals surface area contributed by atoms with E-state index >= 15 is 0 Å². The Hall–Kier alpha value is -6.72. The van der Waals surface area contributed by atoms with E-state index in [1.807, 2.05) is 6.20 Å². The molecule has 9 rings (SSSR count). The zero-order valence-electron chi connectivity index (χ0n) is 45.2. The molecule has 9 aromatic rings. The van der Waals surface area contributed by atoms with Crippen LogP contribution in [0.15, 0.2) is 158 Å². The van der Waals surface area contributed by atoms with E-state index in [0.717, 1.165) is 45.4 Å². The number of imidazole rings is 1. The fourth-order valence-electron chi connectivity index (χ4n) is 10.0. The topological polar surface area (TPSA) is 35.9 Å². The molecule has 3 heterocycles. The Kier molecular flexibility index (Phi) is 12.2. The first-order chi connectivity index (χ1) is 33.2. The Labute approximate surface area is 424 Å². The van der Waals surface area contributed by atoms with Crippen LogP contribution < -0.4 is 9.30 Å². The molecular weight excluding hydrogens is 865 g/mol. The molecule has 6 aromatic carbocycles. The Balaban J connectivity index is 1.25. The lowest BCUT2D eigenvalue weighted by Crippen LogP contribution is -2.41. The maximum atomic E-state index is 7.22. The molecule has 0 atom stereocenters. The van der Waals surface area contributed by atoms with Gasteiger partial charge in [0.25, 0.3) is 6.33 Å². The van der Waals surface area contributed by atoms with E-state index in [-0.39, 0.29) is 27.1 Å². The highest BCUT2D eigenvalue weighted by atomic mass is 16.5. The molecule has 0 saturated heterocycles. The smallest absolute Gasteiger partial charge is 0.269 e. The van der Waals surface area contributed by atoms with Crippen molar-refractivity contribution in [2.24, 2.45) is 0 Å². The molecule has 0 aliphatic carbocycles. The number of hydrogen-bond donors (Lipinski definition) is 0. The molecule has 5 heteroatoms. The molecule has 5 nitrogen and oxygen atoms in total. The third-order valence-electron chi connectivity index (χ3n) is 14.8. The summed E-state index contributed by atoms with van der Waals surface area (Å²) in [6, 6.07) is 53.2. The second-order valence-corrected chi connectivity index (χ2v) is 25.0. The maximum Gasteiger partial charge on any atom is 0.269 e. The van der Waals surface area contributed by atoms with Crippen molar-refractivity contribution in [3.63, 3.8) is 0 Å². The summed E-state index contributed by atoms with van der Waals surface area (Å²) >= 11 is 0. The first kappa shape index (κ1) is 49.3. The van der Waals surface area contributed by atoms with Crippen LogP contribution in [-0.2, 0) is 32.5 Å². The summed E-state index contributed by atoms with van der Waals surface area (Å²) in [7, 11) is 0. The summed E-state index contributed by atoms with van der Waals surface area (Å²) in [5.41, 5.74) is 12.9. The molecular formula is C66H74N4O. The lowest BCUT2D eigenvalue weighted by molar-refractivity contribution is -0.611. The van der Waals surface area contributed by atoms with Gasteiger partial charge in [-0.3, -0.25) is 13.7 Å². The third kappa shape index (κ3) is 9.49. The Morgan fingerprint density at radius 1 is 0.465 bits per heavy atom. The molecule has 0 N–H and O–H groups in total. The number of nitrogens with zero attached hydrogens (tertiary/aromatic N) is 4. The molecule has 0 amide bonds. The second kappa shape index (κ2) is 17.5. The average molecular weight is 939 g/mol. The highest BCUT2D eigenvalue weighted by molar-refractivity contribution is 6.11. The van der Waals surface area contributed by atoms with Gasteiger partial charge in [-0.05, 0) is 115 Å². The van der Waals surface area contributed by atoms with Crippen LogP contribution in [0.2, 0.25) is 0 Å². The van der Waals surface area contributed by atoms with Crippen molar-refractivity contribution in [1.29, 1.82) is 0 Å². The molecule has 0 spiro atoms. The van der Waals surface area contributed by atoms with Crippen LogP contribution in [0.4, 0.5) is 0 Å². The standard InChI is InChI=1S/C66H74N4O/c1-61(2,3)46-31-32-67-59(38-46)70-56-30-24-23-29-54(56)60-55(64(10,11)12)40-53(41-57(60)70)71-52-37-48(63(7,8)9)34-50(39-52)68-42-58(66(15,16)45-27-21-18-22-28-45)69(43-68)51-35-47(62(4,5)6)33-49(36-51)65(13,14)44-25-19-17-20-26-44/h17-42H,1-16H3. The van der Waals surface area contributed by atoms with Crippen LogP contribution in [0, 0.1) is 6.33 Å². The van der Waals surface area contributed by atoms with Gasteiger partial charge in [-0.1, -0.05) is 196 Å². The van der Waals surface area contributed by atoms with Crippen molar-refractivity contribution < 1.29 is 9.30 Å². The van der Waals surface area contributed by atoms with Crippen LogP contribution in [0.25, 0.3) is 39.0 Å². The van der Waals surface area contributed by atoms with Gasteiger partial charge in [0.2, 0.25) is 0 Å². The fraction of sp³-hybridized carbons (Fsp3) is 0.333. The van der Waals surface area contributed by atoms with E-state index in [0.29, 0.717) is 0 Å². The zero-order chi connectivity index (χ0) is 51.1. The summed E-state index contributed by atoms with van der Waals surface area (Å²) < 4.78 is 14.0. The van der Waals surface area contributed by atoms with E-state index in [1.165, 1.54) is 49.7 Å². The normalized spacial score (nSPS) is 13.1. The van der Waals surface area contributed by atoms with Crippen molar-refractivity contribution in [2.45, 2.75) is 143 Å². The second-order valence-electron chi connectivity index (χ2n) is 25.0. The molecule has 0 fully saturated rings. The number of benzene rings is 6. The van der Waals surface area contributed by atoms with Gasteiger partial charge in [0.1, 0.15) is 17.3 Å². The third-order valence-corrected chi connectivity index (χ3v) is 14.8. The summed E-state index contributed by atoms with van der Waals surface area (Å²) in [5, 5.41) is 2.42. The van der Waals surface area contributed by atoms with Crippen molar-refractivity contribution in [3.8, 4) is 28.7 Å². The van der Waals surface area contributed by atoms with Crippen molar-refractivity contribution >= 4 is 21.8 Å². The van der Waals surface area contributed by atoms with Crippen molar-refractivity contribution in [3.05, 3.63) is 209 Å². The number of para-hydroxylation sites is 1. The predicted octanol–water partition coefficient (Wildman–Crippen LogP) is 16.7. The molecule has 0 aliphatic rings. The maximum absolute atomic E-state index is 7.22. The highest BCUT2D eigenvalue weighted by Gasteiger charge is 2.32. The van der Waals surface area contributed by atoms with Gasteiger partial charge in [-0.15, -0.1) is 0 Å². The minimum atomic E-state index is -0.394. The van der Waals surface area contributed by atoms with Gasteiger partial charge in [0.15, 0.2) is 0 Å². The summed E-state index contributed by atoms with van der Waals surface area (Å²) in [5.74, 6) is 2.44. The Morgan fingerprint density at radius 2 is 1.03 bits per heavy atom. The fourth-order valence-corrected chi connectivity index (χ4v) is 10.0. The molecule has 0 saturated carbocycles. The van der Waals surface area contributed by atoms with Crippen molar-refractivity contribution in [2.75, 3.05) is 0 Å². The van der Waals surface area contributed by atoms with E-state index in [1.54, 1.807) is 0 Å². The number of rotatable bonds is 9. The minimum absolute atomic E-state index is 0.0375. The van der Waals surface area contributed by atoms with Gasteiger partial charge < -0.3 is 4.74 Å². The number of hydrogen-bond acceptors (Lipinski definition) is 2. The molecule has 0 bridgehead atoms. The molecule has 0 aliphatic heterocycles. The Bertz CT molecular complexity index is 3410. The van der Waals surface area contributed by atoms with E-state index in [9.17, 15) is 0 Å². The molecule has 364 valence electrons. The first-order valence-electron chi connectivity index (χ1n) is 25.4. The monoisotopic (exact) mass is 939 g/mol. The van der Waals surface area contributed by atoms with E-state index in [4.69, 9.17) is 9.72 Å². The van der Waals surface area contributed by atoms with E-state index < -0.39 is 5.41 Å². The van der Waals surface area contributed by atoms with Gasteiger partial charge in [-0.2, -0.15) is 0 Å². The molecule has 71 heavy (non-hydrogen) atoms. The lowest BCUT2D eigenvalue weighted by atomic mass is 9.75. The van der Waals surface area contributed by atoms with Gasteiger partial charge >= 0.3 is 0 Å². The van der Waals surface area contributed by atoms with Crippen LogP contribution in [0.3, 0.4) is 0 Å². The predicted molar refractivity (Wildman–Crippen MR) is 297 cm³/mol. The zero-order valence-corrected chi connectivity index (χ0v) is 45.2. The van der Waals surface area contributed by atoms with Crippen LogP contribution in [0.1, 0.15) is 155 Å². The van der Waals surface area contributed by atoms with Crippen LogP contribution in [0.5, 0.6) is 11.5 Å². The lowest BCUT2D eigenvalue weighted by Gasteiger charge is -2.31. The largest absolute Gasteiger partial charge is 0.458 e. The first-order valence-corrected chi connectivity index (χ1v) is 25.4. The minimum Gasteiger partial charge on any atom is -0.458 e. The molecule has 3 aromatic heterocycles. The molecule has 0 radical (unpaired) electrons. The number of fused-ring (bicyclic) bond motifs is 3. The average Bonchev–Trinajstić information content (AvgIpc) is 3.92. The highest BCUT2D eigenvalue weighted by Crippen LogP contribution is 2.44. The van der Waals surface area contributed by atoms with Crippen LogP contribution >= 0.6 is 0 Å². The Morgan fingerprint density at radius 3 is 1.65 bits per heavy atom. The van der Waals surface area contributed by atoms with Gasteiger partial charge in [0, 0.05) is 40.1 Å².